The summed E-state index contributed by atoms with van der Waals surface area (Å²) in [5, 5.41) is 0. The average Bonchev–Trinajstić information content (AvgIpc) is 2.83. The Bertz CT molecular complexity index is 1320. The van der Waals surface area contributed by atoms with E-state index < -0.39 is 69.3 Å². The highest BCUT2D eigenvalue weighted by atomic mass is 19.3. The van der Waals surface area contributed by atoms with E-state index in [1.165, 1.54) is 6.07 Å². The predicted molar refractivity (Wildman–Crippen MR) is 117 cm³/mol. The van der Waals surface area contributed by atoms with E-state index >= 15 is 0 Å². The molecule has 0 spiro atoms. The van der Waals surface area contributed by atoms with Gasteiger partial charge in [0.15, 0.2) is 29.1 Å². The van der Waals surface area contributed by atoms with Gasteiger partial charge in [0.25, 0.3) is 0 Å². The fourth-order valence-corrected chi connectivity index (χ4v) is 4.35. The predicted octanol–water partition coefficient (Wildman–Crippen LogP) is 8.92. The largest absolute Gasteiger partial charge is 0.432 e. The minimum absolute atomic E-state index is 0.0586. The molecule has 0 aromatic heterocycles. The second-order valence-corrected chi connectivity index (χ2v) is 8.70. The summed E-state index contributed by atoms with van der Waals surface area (Å²) >= 11 is 0. The zero-order chi connectivity index (χ0) is 27.1. The van der Waals surface area contributed by atoms with Crippen molar-refractivity contribution in [3.8, 4) is 16.9 Å². The van der Waals surface area contributed by atoms with Crippen molar-refractivity contribution in [3.05, 3.63) is 100 Å². The Morgan fingerprint density at radius 3 is 1.92 bits per heavy atom. The Morgan fingerprint density at radius 1 is 0.757 bits per heavy atom. The number of rotatable bonds is 6. The van der Waals surface area contributed by atoms with E-state index in [-0.39, 0.29) is 23.6 Å². The van der Waals surface area contributed by atoms with Crippen LogP contribution in [0.1, 0.15) is 43.2 Å². The van der Waals surface area contributed by atoms with Gasteiger partial charge in [-0.15, -0.1) is 0 Å². The molecule has 1 nitrogen and oxygen atoms in total. The van der Waals surface area contributed by atoms with Crippen LogP contribution in [0.4, 0.5) is 39.5 Å². The number of hydrogen-bond acceptors (Lipinski definition) is 1. The standard InChI is InChI=1S/C27H19F9O/c1-2-13-3-5-14(6-4-13)17-7-8-18(25(33)24(17)32)15-9-19(28)23(20(29)10-15)27(35,36)37-16-11-21(30)26(34)22(31)12-16/h3,5,7-14H,2,4,6H2,1H3. The molecule has 37 heavy (non-hydrogen) atoms. The minimum Gasteiger partial charge on any atom is -0.429 e. The first-order chi connectivity index (χ1) is 17.4. The van der Waals surface area contributed by atoms with Gasteiger partial charge in [-0.1, -0.05) is 31.2 Å². The highest BCUT2D eigenvalue weighted by molar-refractivity contribution is 5.66. The third kappa shape index (κ3) is 5.19. The molecule has 0 aliphatic heterocycles. The van der Waals surface area contributed by atoms with Gasteiger partial charge in [0.1, 0.15) is 22.9 Å². The van der Waals surface area contributed by atoms with Crippen LogP contribution in [0, 0.1) is 46.6 Å². The van der Waals surface area contributed by atoms with Crippen molar-refractivity contribution in [2.24, 2.45) is 5.92 Å². The zero-order valence-corrected chi connectivity index (χ0v) is 19.2. The number of alkyl halides is 2. The number of halogens is 9. The van der Waals surface area contributed by atoms with E-state index in [1.54, 1.807) is 6.08 Å². The van der Waals surface area contributed by atoms with Gasteiger partial charge in [-0.05, 0) is 48.4 Å². The van der Waals surface area contributed by atoms with Crippen molar-refractivity contribution in [3.63, 3.8) is 0 Å². The molecule has 1 aliphatic carbocycles. The van der Waals surface area contributed by atoms with E-state index in [1.807, 2.05) is 13.0 Å². The molecule has 2 atom stereocenters. The molecule has 0 fully saturated rings. The Balaban J connectivity index is 1.66. The first-order valence-electron chi connectivity index (χ1n) is 11.3. The Morgan fingerprint density at radius 2 is 1.38 bits per heavy atom. The molecule has 3 aromatic rings. The molecular formula is C27H19F9O. The van der Waals surface area contributed by atoms with Crippen molar-refractivity contribution >= 4 is 0 Å². The third-order valence-electron chi connectivity index (χ3n) is 6.35. The molecule has 0 radical (unpaired) electrons. The van der Waals surface area contributed by atoms with Crippen molar-refractivity contribution in [1.29, 1.82) is 0 Å². The lowest BCUT2D eigenvalue weighted by Gasteiger charge is -2.23. The summed E-state index contributed by atoms with van der Waals surface area (Å²) in [5.74, 6) is -13.4. The van der Waals surface area contributed by atoms with Gasteiger partial charge in [0.2, 0.25) is 0 Å². The van der Waals surface area contributed by atoms with Crippen molar-refractivity contribution < 1.29 is 44.3 Å². The molecule has 0 N–H and O–H groups in total. The maximum Gasteiger partial charge on any atom is 0.432 e. The van der Waals surface area contributed by atoms with Gasteiger partial charge in [-0.2, -0.15) is 8.78 Å². The van der Waals surface area contributed by atoms with Crippen molar-refractivity contribution in [1.82, 2.24) is 0 Å². The van der Waals surface area contributed by atoms with Crippen LogP contribution in [0.2, 0.25) is 0 Å². The van der Waals surface area contributed by atoms with Crippen LogP contribution in [-0.2, 0) is 6.11 Å². The molecular weight excluding hydrogens is 511 g/mol. The number of hydrogen-bond donors (Lipinski definition) is 0. The molecule has 10 heteroatoms. The van der Waals surface area contributed by atoms with Crippen LogP contribution in [0.5, 0.6) is 5.75 Å². The van der Waals surface area contributed by atoms with Gasteiger partial charge in [-0.3, -0.25) is 0 Å². The van der Waals surface area contributed by atoms with Crippen LogP contribution < -0.4 is 4.74 Å². The lowest BCUT2D eigenvalue weighted by atomic mass is 9.83. The highest BCUT2D eigenvalue weighted by Gasteiger charge is 2.42. The summed E-state index contributed by atoms with van der Waals surface area (Å²) in [6.07, 6.45) is 1.18. The van der Waals surface area contributed by atoms with E-state index in [4.69, 9.17) is 0 Å². The summed E-state index contributed by atoms with van der Waals surface area (Å²) < 4.78 is 132. The molecule has 0 saturated carbocycles. The third-order valence-corrected chi connectivity index (χ3v) is 6.35. The van der Waals surface area contributed by atoms with Crippen LogP contribution in [0.25, 0.3) is 11.1 Å². The molecule has 3 aromatic carbocycles. The number of allylic oxidation sites excluding steroid dienone is 2. The molecule has 4 rings (SSSR count). The zero-order valence-electron chi connectivity index (χ0n) is 19.2. The molecule has 0 heterocycles. The molecule has 0 amide bonds. The molecule has 0 saturated heterocycles. The Labute approximate surface area is 206 Å². The maximum absolute atomic E-state index is 14.9. The molecule has 2 unspecified atom stereocenters. The SMILES string of the molecule is CCC1C=CC(c2ccc(-c3cc(F)c(C(F)(F)Oc4cc(F)c(F)c(F)c4)c(F)c3)c(F)c2F)CC1. The molecule has 196 valence electrons. The number of benzene rings is 3. The summed E-state index contributed by atoms with van der Waals surface area (Å²) in [6.45, 7) is 2.01. The first kappa shape index (κ1) is 26.6. The van der Waals surface area contributed by atoms with E-state index in [9.17, 15) is 39.5 Å². The van der Waals surface area contributed by atoms with Crippen LogP contribution >= 0.6 is 0 Å². The summed E-state index contributed by atoms with van der Waals surface area (Å²) in [6, 6.07) is 3.21. The van der Waals surface area contributed by atoms with Gasteiger partial charge in [0, 0.05) is 23.6 Å². The number of ether oxygens (including phenoxy) is 1. The monoisotopic (exact) mass is 530 g/mol. The van der Waals surface area contributed by atoms with E-state index in [0.717, 1.165) is 18.9 Å². The first-order valence-corrected chi connectivity index (χ1v) is 11.3. The summed E-state index contributed by atoms with van der Waals surface area (Å²) in [5.41, 5.74) is -3.02. The lowest BCUT2D eigenvalue weighted by molar-refractivity contribution is -0.189. The minimum atomic E-state index is -4.80. The molecule has 1 aliphatic rings. The average molecular weight is 530 g/mol. The quantitative estimate of drug-likeness (QED) is 0.176. The van der Waals surface area contributed by atoms with Gasteiger partial charge >= 0.3 is 6.11 Å². The van der Waals surface area contributed by atoms with E-state index in [2.05, 4.69) is 4.74 Å². The highest BCUT2D eigenvalue weighted by Crippen LogP contribution is 2.40. The second kappa shape index (κ2) is 10.1. The Hall–Kier alpha value is -3.43. The van der Waals surface area contributed by atoms with Gasteiger partial charge in [-0.25, -0.2) is 30.7 Å². The molecule has 0 bridgehead atoms. The van der Waals surface area contributed by atoms with Crippen molar-refractivity contribution in [2.45, 2.75) is 38.2 Å². The maximum atomic E-state index is 14.9. The van der Waals surface area contributed by atoms with Crippen LogP contribution in [-0.4, -0.2) is 0 Å². The van der Waals surface area contributed by atoms with Crippen LogP contribution in [0.15, 0.2) is 48.6 Å². The lowest BCUT2D eigenvalue weighted by Crippen LogP contribution is -2.25. The van der Waals surface area contributed by atoms with E-state index in [0.29, 0.717) is 24.5 Å². The normalized spacial score (nSPS) is 17.8. The summed E-state index contributed by atoms with van der Waals surface area (Å²) in [4.78, 5) is 0. The summed E-state index contributed by atoms with van der Waals surface area (Å²) in [7, 11) is 0. The van der Waals surface area contributed by atoms with Crippen molar-refractivity contribution in [2.75, 3.05) is 0 Å². The smallest absolute Gasteiger partial charge is 0.429 e. The topological polar surface area (TPSA) is 9.23 Å². The second-order valence-electron chi connectivity index (χ2n) is 8.70. The fourth-order valence-electron chi connectivity index (χ4n) is 4.35. The van der Waals surface area contributed by atoms with Gasteiger partial charge < -0.3 is 4.74 Å². The van der Waals surface area contributed by atoms with Crippen LogP contribution in [0.3, 0.4) is 0 Å². The Kier molecular flexibility index (Phi) is 7.30. The fraction of sp³-hybridized carbons (Fsp3) is 0.259. The van der Waals surface area contributed by atoms with Gasteiger partial charge in [0.05, 0.1) is 0 Å².